The van der Waals surface area contributed by atoms with Gasteiger partial charge in [-0.3, -0.25) is 14.4 Å². The van der Waals surface area contributed by atoms with E-state index in [0.29, 0.717) is 0 Å². The molecule has 346 valence electrons. The molecule has 0 aromatic rings. The predicted molar refractivity (Wildman–Crippen MR) is 186 cm³/mol. The first-order valence-corrected chi connectivity index (χ1v) is 18.7. The predicted octanol–water partition coefficient (Wildman–Crippen LogP) is -10.1. The molecule has 0 saturated carbocycles. The maximum atomic E-state index is 12.6. The van der Waals surface area contributed by atoms with Crippen LogP contribution in [0.1, 0.15) is 27.2 Å². The van der Waals surface area contributed by atoms with Crippen molar-refractivity contribution < 1.29 is 119 Å². The summed E-state index contributed by atoms with van der Waals surface area (Å²) in [5.41, 5.74) is 0. The number of carbonyl (C=O) groups excluding carboxylic acids is 3. The Morgan fingerprint density at radius 1 is 0.667 bits per heavy atom. The summed E-state index contributed by atoms with van der Waals surface area (Å²) in [4.78, 5) is 48.7. The number of carboxylic acid groups (broad SMARTS) is 1. The monoisotopic (exact) mass is 877 g/mol. The van der Waals surface area contributed by atoms with Crippen LogP contribution in [0.5, 0.6) is 0 Å². The molecule has 21 atom stereocenters. The minimum atomic E-state index is -2.92. The van der Waals surface area contributed by atoms with Crippen LogP contribution in [0, 0.1) is 0 Å². The highest BCUT2D eigenvalue weighted by atomic mass is 16.8. The van der Waals surface area contributed by atoms with E-state index in [-0.39, 0.29) is 0 Å². The fraction of sp³-hybridized carbons (Fsp3) is 0.879. The Balaban J connectivity index is 1.57. The lowest BCUT2D eigenvalue weighted by Crippen LogP contribution is -2.70. The maximum Gasteiger partial charge on any atom is 0.364 e. The molecule has 0 aromatic carbocycles. The first kappa shape index (κ1) is 49.8. The fourth-order valence-electron chi connectivity index (χ4n) is 7.34. The number of ether oxygens (including phenoxy) is 7. The van der Waals surface area contributed by atoms with E-state index in [9.17, 15) is 85.6 Å². The van der Waals surface area contributed by atoms with Gasteiger partial charge in [0, 0.05) is 27.2 Å². The van der Waals surface area contributed by atoms with Gasteiger partial charge in [-0.1, -0.05) is 0 Å². The van der Waals surface area contributed by atoms with Gasteiger partial charge >= 0.3 is 5.97 Å². The molecule has 4 aliphatic rings. The Hall–Kier alpha value is -2.88. The van der Waals surface area contributed by atoms with E-state index in [0.717, 1.165) is 20.8 Å². The summed E-state index contributed by atoms with van der Waals surface area (Å²) in [7, 11) is 0. The molecule has 27 heteroatoms. The second kappa shape index (κ2) is 21.0. The van der Waals surface area contributed by atoms with Crippen molar-refractivity contribution in [3.05, 3.63) is 0 Å². The zero-order valence-corrected chi connectivity index (χ0v) is 32.4. The summed E-state index contributed by atoms with van der Waals surface area (Å²) in [5, 5.41) is 144. The number of amides is 3. The van der Waals surface area contributed by atoms with Crippen molar-refractivity contribution in [1.29, 1.82) is 0 Å². The number of hydrogen-bond donors (Lipinski definition) is 16. The number of rotatable bonds is 16. The Morgan fingerprint density at radius 2 is 1.22 bits per heavy atom. The summed E-state index contributed by atoms with van der Waals surface area (Å²) < 4.78 is 39.3. The summed E-state index contributed by atoms with van der Waals surface area (Å²) in [6, 6.07) is -4.73. The molecule has 4 rings (SSSR count). The van der Waals surface area contributed by atoms with Crippen molar-refractivity contribution in [1.82, 2.24) is 16.0 Å². The van der Waals surface area contributed by atoms with Crippen molar-refractivity contribution in [2.24, 2.45) is 0 Å². The molecule has 16 N–H and O–H groups in total. The molecule has 60 heavy (non-hydrogen) atoms. The molecular weight excluding hydrogens is 822 g/mol. The zero-order valence-electron chi connectivity index (χ0n) is 32.4. The Labute approximate surface area is 340 Å². The number of hydrogen-bond acceptors (Lipinski definition) is 23. The van der Waals surface area contributed by atoms with E-state index < -0.39 is 185 Å². The molecule has 0 radical (unpaired) electrons. The molecule has 0 aliphatic carbocycles. The second-order valence-electron chi connectivity index (χ2n) is 14.8. The van der Waals surface area contributed by atoms with Crippen molar-refractivity contribution in [3.8, 4) is 0 Å². The van der Waals surface area contributed by atoms with E-state index in [4.69, 9.17) is 33.2 Å². The molecule has 0 unspecified atom stereocenters. The largest absolute Gasteiger partial charge is 0.477 e. The van der Waals surface area contributed by atoms with Crippen LogP contribution < -0.4 is 16.0 Å². The van der Waals surface area contributed by atoms with Gasteiger partial charge in [-0.15, -0.1) is 0 Å². The van der Waals surface area contributed by atoms with Crippen LogP contribution in [-0.2, 0) is 52.3 Å². The summed E-state index contributed by atoms with van der Waals surface area (Å²) in [6.45, 7) is -0.808. The Morgan fingerprint density at radius 3 is 1.77 bits per heavy atom. The van der Waals surface area contributed by atoms with Gasteiger partial charge in [0.05, 0.1) is 38.6 Å². The van der Waals surface area contributed by atoms with E-state index in [1.807, 2.05) is 0 Å². The third-order valence-corrected chi connectivity index (χ3v) is 10.4. The van der Waals surface area contributed by atoms with Crippen LogP contribution in [0.15, 0.2) is 0 Å². The van der Waals surface area contributed by atoms with Crippen molar-refractivity contribution in [3.63, 3.8) is 0 Å². The minimum absolute atomic E-state index is 0.712. The van der Waals surface area contributed by atoms with E-state index in [1.165, 1.54) is 0 Å². The normalized spacial score (nSPS) is 43.3. The van der Waals surface area contributed by atoms with E-state index in [2.05, 4.69) is 16.0 Å². The van der Waals surface area contributed by atoms with Gasteiger partial charge in [-0.25, -0.2) is 4.79 Å². The number of aliphatic hydroxyl groups excluding tert-OH is 12. The lowest BCUT2D eigenvalue weighted by atomic mass is 9.88. The van der Waals surface area contributed by atoms with Gasteiger partial charge in [-0.2, -0.15) is 0 Å². The van der Waals surface area contributed by atoms with Gasteiger partial charge in [0.25, 0.3) is 5.79 Å². The van der Waals surface area contributed by atoms with E-state index >= 15 is 0 Å². The van der Waals surface area contributed by atoms with Gasteiger partial charge in [0.15, 0.2) is 18.9 Å². The molecule has 0 bridgehead atoms. The Kier molecular flexibility index (Phi) is 17.4. The third kappa shape index (κ3) is 11.0. The number of nitrogens with one attached hydrogen (secondary N) is 3. The van der Waals surface area contributed by atoms with Gasteiger partial charge < -0.3 is 115 Å². The topological polar surface area (TPSA) is 432 Å². The van der Waals surface area contributed by atoms with Crippen LogP contribution in [0.2, 0.25) is 0 Å². The second-order valence-corrected chi connectivity index (χ2v) is 14.8. The third-order valence-electron chi connectivity index (χ3n) is 10.4. The van der Waals surface area contributed by atoms with Crippen molar-refractivity contribution in [2.45, 2.75) is 155 Å². The molecule has 0 spiro atoms. The zero-order chi connectivity index (χ0) is 45.0. The number of carbonyl (C=O) groups is 4. The minimum Gasteiger partial charge on any atom is -0.477 e. The summed E-state index contributed by atoms with van der Waals surface area (Å²) in [5.74, 6) is -7.11. The molecule has 4 saturated heterocycles. The smallest absolute Gasteiger partial charge is 0.364 e. The standard InChI is InChI=1S/C33H55N3O24/c1-9(40)34-17-12(43)4-33(32(52)53,60-28(17)20(45)13(44)5-37)54-8-16-21(46)24(49)25(50)31(57-16)58-26-15(7-39)56-30(18(23(26)48)35-10(2)41)59-27-19(36-11(3)42)29(51)55-14(6-38)22(27)47/h12-31,37-39,43-51H,4-8H2,1-3H3,(H,34,40)(H,35,41)(H,36,42)(H,52,53)/t12-,13+,14+,15+,16+,17+,18+,19+,20+,21-,22-,23+,24-,25+,26+,27+,28+,29-,30-,31-,33+/m0/s1. The molecule has 3 amide bonds. The van der Waals surface area contributed by atoms with Crippen LogP contribution in [0.25, 0.3) is 0 Å². The lowest BCUT2D eigenvalue weighted by molar-refractivity contribution is -0.366. The molecule has 0 aromatic heterocycles. The van der Waals surface area contributed by atoms with Gasteiger partial charge in [0.1, 0.15) is 91.4 Å². The lowest BCUT2D eigenvalue weighted by Gasteiger charge is -2.49. The maximum absolute atomic E-state index is 12.6. The highest BCUT2D eigenvalue weighted by Gasteiger charge is 2.58. The number of aliphatic carboxylic acids is 1. The first-order valence-electron chi connectivity index (χ1n) is 18.7. The molecular formula is C33H55N3O24. The highest BCUT2D eigenvalue weighted by molar-refractivity contribution is 5.76. The van der Waals surface area contributed by atoms with E-state index in [1.54, 1.807) is 0 Å². The fourth-order valence-corrected chi connectivity index (χ4v) is 7.34. The number of carboxylic acids is 1. The highest BCUT2D eigenvalue weighted by Crippen LogP contribution is 2.36. The van der Waals surface area contributed by atoms with Crippen LogP contribution in [0.3, 0.4) is 0 Å². The average molecular weight is 878 g/mol. The SMILES string of the molecule is CC(=O)N[C@@H]1[C@@H](O[C@@H]2O[C@H](CO)[C@@H](O[C@@H]3O[C@H](CO[C@]4(C(=O)O)C[C@H](O)[C@@H](NC(C)=O)[C@H]([C@H](O)[C@H](O)CO)O4)[C@H](O)[C@H](O)[C@H]3O)[C@H](O)[C@H]2NC(C)=O)[C@@H](O)[C@@H](CO)O[C@@H]1O. The molecule has 4 heterocycles. The van der Waals surface area contributed by atoms with Crippen molar-refractivity contribution >= 4 is 23.7 Å². The number of aliphatic hydroxyl groups is 12. The van der Waals surface area contributed by atoms with Crippen molar-refractivity contribution in [2.75, 3.05) is 26.4 Å². The summed E-state index contributed by atoms with van der Waals surface area (Å²) in [6.07, 6.45) is -33.1. The first-order chi connectivity index (χ1) is 28.1. The molecule has 4 aliphatic heterocycles. The average Bonchev–Trinajstić information content (AvgIpc) is 3.18. The quantitative estimate of drug-likeness (QED) is 0.0684. The molecule has 4 fully saturated rings. The summed E-state index contributed by atoms with van der Waals surface area (Å²) >= 11 is 0. The Bertz CT molecular complexity index is 1470. The van der Waals surface area contributed by atoms with Gasteiger partial charge in [-0.05, 0) is 0 Å². The molecule has 27 nitrogen and oxygen atoms in total. The van der Waals surface area contributed by atoms with Gasteiger partial charge in [0.2, 0.25) is 17.7 Å². The van der Waals surface area contributed by atoms with Crippen LogP contribution in [0.4, 0.5) is 0 Å². The van der Waals surface area contributed by atoms with Crippen LogP contribution in [-0.4, -0.2) is 245 Å². The van der Waals surface area contributed by atoms with Crippen LogP contribution >= 0.6 is 0 Å².